The summed E-state index contributed by atoms with van der Waals surface area (Å²) in [5, 5.41) is 13.7. The van der Waals surface area contributed by atoms with Gasteiger partial charge in [-0.25, -0.2) is 23.1 Å². The second-order valence-corrected chi connectivity index (χ2v) is 8.98. The minimum atomic E-state index is -3.73. The van der Waals surface area contributed by atoms with Gasteiger partial charge in [0.2, 0.25) is 10.0 Å². The number of benzene rings is 1. The van der Waals surface area contributed by atoms with Gasteiger partial charge in [-0.3, -0.25) is 0 Å². The first-order valence-electron chi connectivity index (χ1n) is 9.50. The summed E-state index contributed by atoms with van der Waals surface area (Å²) in [7, 11) is -3.73. The second-order valence-electron chi connectivity index (χ2n) is 7.07. The van der Waals surface area contributed by atoms with E-state index in [-0.39, 0.29) is 10.5 Å². The number of piperazine rings is 1. The van der Waals surface area contributed by atoms with Crippen molar-refractivity contribution in [2.24, 2.45) is 0 Å². The summed E-state index contributed by atoms with van der Waals surface area (Å²) in [5.74, 6) is 1.39. The van der Waals surface area contributed by atoms with Crippen molar-refractivity contribution in [2.75, 3.05) is 31.1 Å². The van der Waals surface area contributed by atoms with Gasteiger partial charge in [-0.05, 0) is 32.0 Å². The molecule has 1 aromatic carbocycles. The predicted molar refractivity (Wildman–Crippen MR) is 111 cm³/mol. The molecule has 154 valence electrons. The highest BCUT2D eigenvalue weighted by Gasteiger charge is 2.30. The molecule has 3 heterocycles. The van der Waals surface area contributed by atoms with E-state index >= 15 is 0 Å². The highest BCUT2D eigenvalue weighted by molar-refractivity contribution is 7.89. The van der Waals surface area contributed by atoms with Crippen LogP contribution in [-0.2, 0) is 10.0 Å². The van der Waals surface area contributed by atoms with Crippen LogP contribution in [-0.4, -0.2) is 58.7 Å². The summed E-state index contributed by atoms with van der Waals surface area (Å²) in [6, 6.07) is 12.1. The van der Waals surface area contributed by atoms with Crippen LogP contribution in [0.4, 0.5) is 5.82 Å². The monoisotopic (exact) mass is 423 g/mol. The third kappa shape index (κ3) is 3.65. The zero-order chi connectivity index (χ0) is 21.3. The van der Waals surface area contributed by atoms with Gasteiger partial charge in [0.25, 0.3) is 0 Å². The van der Waals surface area contributed by atoms with Gasteiger partial charge in [-0.1, -0.05) is 12.1 Å². The Hall–Kier alpha value is -3.29. The van der Waals surface area contributed by atoms with Gasteiger partial charge in [0.15, 0.2) is 5.82 Å². The Morgan fingerprint density at radius 2 is 1.70 bits per heavy atom. The smallest absolute Gasteiger partial charge is 0.244 e. The molecule has 4 rings (SSSR count). The van der Waals surface area contributed by atoms with E-state index in [1.807, 2.05) is 36.9 Å². The highest BCUT2D eigenvalue weighted by atomic mass is 32.2. The standard InChI is InChI=1S/C20H21N7O2S/c1-15-11-16(2)27(24-15)20-12-19(22-14-23-20)25-7-9-26(10-8-25)30(28,29)18-6-4-3-5-17(18)13-21/h3-6,11-12,14H,7-10H2,1-2H3. The molecule has 0 radical (unpaired) electrons. The number of anilines is 1. The van der Waals surface area contributed by atoms with Crippen molar-refractivity contribution in [1.29, 1.82) is 5.26 Å². The molecular weight excluding hydrogens is 402 g/mol. The topological polar surface area (TPSA) is 108 Å². The summed E-state index contributed by atoms with van der Waals surface area (Å²) in [6.45, 7) is 5.48. The Labute approximate surface area is 175 Å². The van der Waals surface area contributed by atoms with E-state index in [1.165, 1.54) is 22.8 Å². The molecule has 10 heteroatoms. The van der Waals surface area contributed by atoms with Crippen molar-refractivity contribution < 1.29 is 8.42 Å². The summed E-state index contributed by atoms with van der Waals surface area (Å²) in [5.41, 5.74) is 2.04. The molecular formula is C20H21N7O2S. The second kappa shape index (κ2) is 7.85. The van der Waals surface area contributed by atoms with Crippen LogP contribution >= 0.6 is 0 Å². The van der Waals surface area contributed by atoms with Crippen LogP contribution in [0.3, 0.4) is 0 Å². The molecule has 3 aromatic rings. The summed E-state index contributed by atoms with van der Waals surface area (Å²) in [4.78, 5) is 10.8. The fourth-order valence-electron chi connectivity index (χ4n) is 3.57. The number of aromatic nitrogens is 4. The van der Waals surface area contributed by atoms with E-state index in [4.69, 9.17) is 0 Å². The molecule has 0 spiro atoms. The molecule has 1 aliphatic rings. The Bertz CT molecular complexity index is 1220. The van der Waals surface area contributed by atoms with Gasteiger partial charge >= 0.3 is 0 Å². The molecule has 0 N–H and O–H groups in total. The number of nitrogens with zero attached hydrogens (tertiary/aromatic N) is 7. The molecule has 2 aromatic heterocycles. The Morgan fingerprint density at radius 1 is 1.00 bits per heavy atom. The maximum atomic E-state index is 13.0. The zero-order valence-corrected chi connectivity index (χ0v) is 17.5. The Morgan fingerprint density at radius 3 is 2.37 bits per heavy atom. The van der Waals surface area contributed by atoms with Crippen LogP contribution < -0.4 is 4.90 Å². The van der Waals surface area contributed by atoms with E-state index in [2.05, 4.69) is 15.1 Å². The van der Waals surface area contributed by atoms with Gasteiger partial charge in [0.1, 0.15) is 18.2 Å². The Balaban J connectivity index is 1.52. The van der Waals surface area contributed by atoms with Crippen LogP contribution in [0, 0.1) is 25.2 Å². The molecule has 1 fully saturated rings. The first kappa shape index (κ1) is 20.0. The minimum Gasteiger partial charge on any atom is -0.354 e. The quantitative estimate of drug-likeness (QED) is 0.628. The largest absolute Gasteiger partial charge is 0.354 e. The van der Waals surface area contributed by atoms with E-state index in [0.717, 1.165) is 17.2 Å². The van der Waals surface area contributed by atoms with E-state index in [0.29, 0.717) is 32.0 Å². The van der Waals surface area contributed by atoms with Gasteiger partial charge in [-0.2, -0.15) is 14.7 Å². The van der Waals surface area contributed by atoms with Crippen molar-refractivity contribution in [3.05, 3.63) is 59.7 Å². The molecule has 0 aliphatic carbocycles. The molecule has 0 unspecified atom stereocenters. The van der Waals surface area contributed by atoms with Crippen LogP contribution in [0.25, 0.3) is 5.82 Å². The van der Waals surface area contributed by atoms with Gasteiger partial charge in [0, 0.05) is 37.9 Å². The maximum Gasteiger partial charge on any atom is 0.244 e. The molecule has 0 saturated carbocycles. The summed E-state index contributed by atoms with van der Waals surface area (Å²) in [6.07, 6.45) is 1.49. The predicted octanol–water partition coefficient (Wildman–Crippen LogP) is 1.66. The number of sulfonamides is 1. The summed E-state index contributed by atoms with van der Waals surface area (Å²) < 4.78 is 29.2. The average Bonchev–Trinajstić information content (AvgIpc) is 3.11. The average molecular weight is 424 g/mol. The van der Waals surface area contributed by atoms with E-state index < -0.39 is 10.0 Å². The molecule has 9 nitrogen and oxygen atoms in total. The number of rotatable bonds is 4. The fraction of sp³-hybridized carbons (Fsp3) is 0.300. The lowest BCUT2D eigenvalue weighted by molar-refractivity contribution is 0.383. The van der Waals surface area contributed by atoms with Crippen molar-refractivity contribution in [1.82, 2.24) is 24.1 Å². The third-order valence-corrected chi connectivity index (χ3v) is 7.01. The molecule has 1 aliphatic heterocycles. The van der Waals surface area contributed by atoms with Crippen LogP contribution in [0.5, 0.6) is 0 Å². The first-order valence-corrected chi connectivity index (χ1v) is 10.9. The van der Waals surface area contributed by atoms with E-state index in [1.54, 1.807) is 16.8 Å². The third-order valence-electron chi connectivity index (χ3n) is 5.05. The number of hydrogen-bond acceptors (Lipinski definition) is 7. The number of nitriles is 1. The Kier molecular flexibility index (Phi) is 5.24. The van der Waals surface area contributed by atoms with Gasteiger partial charge in [0.05, 0.1) is 16.2 Å². The van der Waals surface area contributed by atoms with Crippen LogP contribution in [0.2, 0.25) is 0 Å². The lowest BCUT2D eigenvalue weighted by Crippen LogP contribution is -2.49. The van der Waals surface area contributed by atoms with Crippen LogP contribution in [0.1, 0.15) is 17.0 Å². The molecule has 1 saturated heterocycles. The van der Waals surface area contributed by atoms with E-state index in [9.17, 15) is 13.7 Å². The number of hydrogen-bond donors (Lipinski definition) is 0. The lowest BCUT2D eigenvalue weighted by atomic mass is 10.2. The lowest BCUT2D eigenvalue weighted by Gasteiger charge is -2.34. The molecule has 0 bridgehead atoms. The van der Waals surface area contributed by atoms with Crippen molar-refractivity contribution >= 4 is 15.8 Å². The highest BCUT2D eigenvalue weighted by Crippen LogP contribution is 2.23. The van der Waals surface area contributed by atoms with Crippen molar-refractivity contribution in [3.63, 3.8) is 0 Å². The first-order chi connectivity index (χ1) is 14.4. The maximum absolute atomic E-state index is 13.0. The van der Waals surface area contributed by atoms with Crippen LogP contribution in [0.15, 0.2) is 47.6 Å². The van der Waals surface area contributed by atoms with Gasteiger partial charge < -0.3 is 4.90 Å². The minimum absolute atomic E-state index is 0.0507. The molecule has 0 atom stereocenters. The molecule has 0 amide bonds. The SMILES string of the molecule is Cc1cc(C)n(-c2cc(N3CCN(S(=O)(=O)c4ccccc4C#N)CC3)ncn2)n1. The van der Waals surface area contributed by atoms with Crippen molar-refractivity contribution in [2.45, 2.75) is 18.7 Å². The normalized spacial score (nSPS) is 15.2. The fourth-order valence-corrected chi connectivity index (χ4v) is 5.13. The molecule has 30 heavy (non-hydrogen) atoms. The summed E-state index contributed by atoms with van der Waals surface area (Å²) >= 11 is 0. The van der Waals surface area contributed by atoms with Crippen molar-refractivity contribution in [3.8, 4) is 11.9 Å². The van der Waals surface area contributed by atoms with Gasteiger partial charge in [-0.15, -0.1) is 0 Å². The zero-order valence-electron chi connectivity index (χ0n) is 16.7. The number of aryl methyl sites for hydroxylation is 2.